The molecule has 52 valence electrons. The molecule has 3 nitrogen and oxygen atoms in total. The van der Waals surface area contributed by atoms with E-state index >= 15 is 0 Å². The van der Waals surface area contributed by atoms with Crippen LogP contribution in [-0.4, -0.2) is 35.0 Å². The van der Waals surface area contributed by atoms with Crippen LogP contribution in [0.25, 0.3) is 0 Å². The van der Waals surface area contributed by atoms with Crippen molar-refractivity contribution in [2.45, 2.75) is 0 Å². The van der Waals surface area contributed by atoms with Crippen LogP contribution in [0.1, 0.15) is 0 Å². The zero-order valence-corrected chi connectivity index (χ0v) is 7.22. The summed E-state index contributed by atoms with van der Waals surface area (Å²) in [5.74, 6) is 0. The van der Waals surface area contributed by atoms with Gasteiger partial charge in [0.2, 0.25) is 0 Å². The molecule has 0 saturated carbocycles. The largest absolute Gasteiger partial charge is 0.336 e. The molecule has 0 atom stereocenters. The molecule has 0 unspecified atom stereocenters. The molecule has 0 aliphatic carbocycles. The van der Waals surface area contributed by atoms with E-state index < -0.39 is 0 Å². The average Bonchev–Trinajstić information content (AvgIpc) is 2.18. The first kappa shape index (κ1) is 7.11. The number of amides is 2. The summed E-state index contributed by atoms with van der Waals surface area (Å²) in [7, 11) is 0. The maximum Gasteiger partial charge on any atom is 0.317 e. The van der Waals surface area contributed by atoms with E-state index in [4.69, 9.17) is 0 Å². The molecule has 0 spiro atoms. The van der Waals surface area contributed by atoms with Gasteiger partial charge in [0, 0.05) is 24.1 Å². The predicted molar refractivity (Wildman–Crippen MR) is 43.9 cm³/mol. The Balaban J connectivity index is 2.31. The quantitative estimate of drug-likeness (QED) is 0.551. The van der Waals surface area contributed by atoms with Gasteiger partial charge in [0.1, 0.15) is 0 Å². The molecule has 1 saturated heterocycles. The van der Waals surface area contributed by atoms with Crippen molar-refractivity contribution in [3.63, 3.8) is 0 Å². The lowest BCUT2D eigenvalue weighted by Gasteiger charge is -2.10. The van der Waals surface area contributed by atoms with Gasteiger partial charge in [-0.1, -0.05) is 22.6 Å². The van der Waals surface area contributed by atoms with Gasteiger partial charge in [-0.2, -0.15) is 0 Å². The first-order chi connectivity index (χ1) is 4.34. The van der Waals surface area contributed by atoms with Crippen molar-refractivity contribution in [1.82, 2.24) is 10.2 Å². The standard InChI is InChI=1S/C5H9IN2O/c6-1-3-8-4-2-7-5(8)9/h1-4H2,(H,7,9). The van der Waals surface area contributed by atoms with Gasteiger partial charge in [-0.25, -0.2) is 4.79 Å². The lowest BCUT2D eigenvalue weighted by molar-refractivity contribution is 0.220. The van der Waals surface area contributed by atoms with Crippen LogP contribution in [0.3, 0.4) is 0 Å². The Morgan fingerprint density at radius 2 is 2.56 bits per heavy atom. The molecular formula is C5H9IN2O. The lowest BCUT2D eigenvalue weighted by Crippen LogP contribution is -2.29. The van der Waals surface area contributed by atoms with Crippen LogP contribution in [0.15, 0.2) is 0 Å². The molecule has 1 aliphatic rings. The number of carbonyl (C=O) groups is 1. The lowest BCUT2D eigenvalue weighted by atomic mass is 10.6. The minimum atomic E-state index is 0.0895. The summed E-state index contributed by atoms with van der Waals surface area (Å²) in [4.78, 5) is 12.6. The second-order valence-corrected chi connectivity index (χ2v) is 2.99. The van der Waals surface area contributed by atoms with Gasteiger partial charge in [-0.15, -0.1) is 0 Å². The van der Waals surface area contributed by atoms with E-state index in [1.807, 2.05) is 4.90 Å². The maximum absolute atomic E-state index is 10.8. The van der Waals surface area contributed by atoms with Crippen molar-refractivity contribution in [3.05, 3.63) is 0 Å². The van der Waals surface area contributed by atoms with Crippen molar-refractivity contribution < 1.29 is 4.79 Å². The molecule has 2 amide bonds. The zero-order valence-electron chi connectivity index (χ0n) is 5.06. The van der Waals surface area contributed by atoms with Gasteiger partial charge in [-0.3, -0.25) is 0 Å². The third kappa shape index (κ3) is 1.70. The highest BCUT2D eigenvalue weighted by Gasteiger charge is 2.17. The fourth-order valence-electron chi connectivity index (χ4n) is 0.827. The molecule has 1 aliphatic heterocycles. The summed E-state index contributed by atoms with van der Waals surface area (Å²) < 4.78 is 1.02. The Hall–Kier alpha value is 0. The first-order valence-corrected chi connectivity index (χ1v) is 4.46. The van der Waals surface area contributed by atoms with E-state index in [0.717, 1.165) is 24.1 Å². The molecule has 0 bridgehead atoms. The number of nitrogens with zero attached hydrogens (tertiary/aromatic N) is 1. The van der Waals surface area contributed by atoms with Crippen molar-refractivity contribution in [2.75, 3.05) is 24.1 Å². The third-order valence-corrected chi connectivity index (χ3v) is 1.78. The first-order valence-electron chi connectivity index (χ1n) is 2.93. The van der Waals surface area contributed by atoms with Crippen molar-refractivity contribution in [3.8, 4) is 0 Å². The Morgan fingerprint density at radius 3 is 3.00 bits per heavy atom. The number of halogens is 1. The topological polar surface area (TPSA) is 32.3 Å². The molecule has 4 heteroatoms. The molecule has 1 fully saturated rings. The van der Waals surface area contributed by atoms with E-state index in [9.17, 15) is 4.79 Å². The van der Waals surface area contributed by atoms with Crippen LogP contribution >= 0.6 is 22.6 Å². The molecule has 1 N–H and O–H groups in total. The number of rotatable bonds is 2. The van der Waals surface area contributed by atoms with Crippen molar-refractivity contribution in [2.24, 2.45) is 0 Å². The minimum absolute atomic E-state index is 0.0895. The predicted octanol–water partition coefficient (Wildman–Crippen LogP) is 0.447. The van der Waals surface area contributed by atoms with Crippen molar-refractivity contribution >= 4 is 28.6 Å². The van der Waals surface area contributed by atoms with E-state index in [1.165, 1.54) is 0 Å². The van der Waals surface area contributed by atoms with Gasteiger partial charge in [-0.05, 0) is 0 Å². The van der Waals surface area contributed by atoms with E-state index in [0.29, 0.717) is 0 Å². The molecule has 0 aromatic heterocycles. The van der Waals surface area contributed by atoms with Crippen LogP contribution in [0.2, 0.25) is 0 Å². The van der Waals surface area contributed by atoms with Gasteiger partial charge >= 0.3 is 6.03 Å². The molecule has 0 radical (unpaired) electrons. The van der Waals surface area contributed by atoms with Crippen LogP contribution < -0.4 is 5.32 Å². The van der Waals surface area contributed by atoms with E-state index in [2.05, 4.69) is 27.9 Å². The number of alkyl halides is 1. The Morgan fingerprint density at radius 1 is 1.78 bits per heavy atom. The normalized spacial score (nSPS) is 18.3. The Kier molecular flexibility index (Phi) is 2.56. The zero-order chi connectivity index (χ0) is 6.69. The highest BCUT2D eigenvalue weighted by Crippen LogP contribution is 1.96. The highest BCUT2D eigenvalue weighted by molar-refractivity contribution is 14.1. The van der Waals surface area contributed by atoms with Crippen LogP contribution in [-0.2, 0) is 0 Å². The highest BCUT2D eigenvalue weighted by atomic mass is 127. The monoisotopic (exact) mass is 240 g/mol. The van der Waals surface area contributed by atoms with Crippen LogP contribution in [0.5, 0.6) is 0 Å². The van der Waals surface area contributed by atoms with E-state index in [1.54, 1.807) is 0 Å². The molecule has 9 heavy (non-hydrogen) atoms. The van der Waals surface area contributed by atoms with Crippen LogP contribution in [0.4, 0.5) is 4.79 Å². The SMILES string of the molecule is O=C1NCCN1CCI. The molecule has 0 aromatic carbocycles. The summed E-state index contributed by atoms with van der Waals surface area (Å²) >= 11 is 2.27. The summed E-state index contributed by atoms with van der Waals surface area (Å²) in [6, 6.07) is 0.0895. The van der Waals surface area contributed by atoms with Gasteiger partial charge in [0.15, 0.2) is 0 Å². The summed E-state index contributed by atoms with van der Waals surface area (Å²) in [6.45, 7) is 2.57. The summed E-state index contributed by atoms with van der Waals surface area (Å²) in [5.41, 5.74) is 0. The number of hydrogen-bond acceptors (Lipinski definition) is 1. The van der Waals surface area contributed by atoms with Gasteiger partial charge in [0.05, 0.1) is 0 Å². The van der Waals surface area contributed by atoms with Crippen LogP contribution in [0, 0.1) is 0 Å². The second kappa shape index (κ2) is 3.24. The summed E-state index contributed by atoms with van der Waals surface area (Å²) in [6.07, 6.45) is 0. The third-order valence-electron chi connectivity index (χ3n) is 1.30. The Labute approximate surface area is 67.9 Å². The number of nitrogens with one attached hydrogen (secondary N) is 1. The minimum Gasteiger partial charge on any atom is -0.336 e. The second-order valence-electron chi connectivity index (χ2n) is 1.91. The summed E-state index contributed by atoms with van der Waals surface area (Å²) in [5, 5.41) is 2.74. The average molecular weight is 240 g/mol. The van der Waals surface area contributed by atoms with Gasteiger partial charge in [0.25, 0.3) is 0 Å². The maximum atomic E-state index is 10.8. The fourth-order valence-corrected chi connectivity index (χ4v) is 1.41. The molecule has 1 rings (SSSR count). The number of carbonyl (C=O) groups excluding carboxylic acids is 1. The number of hydrogen-bond donors (Lipinski definition) is 1. The number of urea groups is 1. The van der Waals surface area contributed by atoms with E-state index in [-0.39, 0.29) is 6.03 Å². The fraction of sp³-hybridized carbons (Fsp3) is 0.800. The Bertz CT molecular complexity index is 118. The smallest absolute Gasteiger partial charge is 0.317 e. The van der Waals surface area contributed by atoms with Gasteiger partial charge < -0.3 is 10.2 Å². The van der Waals surface area contributed by atoms with Crippen molar-refractivity contribution in [1.29, 1.82) is 0 Å². The molecule has 1 heterocycles. The molecule has 0 aromatic rings. The molecular weight excluding hydrogens is 231 g/mol.